The van der Waals surface area contributed by atoms with E-state index in [1.165, 1.54) is 11.3 Å². The number of nitrogens with one attached hydrogen (secondary N) is 1. The number of nitrogen functional groups attached to an aromatic ring is 1. The summed E-state index contributed by atoms with van der Waals surface area (Å²) in [7, 11) is 0. The first-order chi connectivity index (χ1) is 5.24. The SMILES string of the molecule is CCNC(=O)c1csc(N)n1. The van der Waals surface area contributed by atoms with E-state index in [9.17, 15) is 4.79 Å². The van der Waals surface area contributed by atoms with E-state index in [-0.39, 0.29) is 5.91 Å². The highest BCUT2D eigenvalue weighted by Gasteiger charge is 2.06. The summed E-state index contributed by atoms with van der Waals surface area (Å²) in [4.78, 5) is 14.8. The molecule has 0 spiro atoms. The molecule has 4 nitrogen and oxygen atoms in total. The number of anilines is 1. The molecule has 0 aliphatic rings. The van der Waals surface area contributed by atoms with Crippen LogP contribution in [0.3, 0.4) is 0 Å². The summed E-state index contributed by atoms with van der Waals surface area (Å²) >= 11 is 1.26. The first-order valence-corrected chi connectivity index (χ1v) is 4.11. The first kappa shape index (κ1) is 8.00. The Bertz CT molecular complexity index is 258. The summed E-state index contributed by atoms with van der Waals surface area (Å²) in [5, 5.41) is 4.69. The fourth-order valence-electron chi connectivity index (χ4n) is 0.643. The molecule has 5 heteroatoms. The van der Waals surface area contributed by atoms with Crippen LogP contribution in [0, 0.1) is 0 Å². The van der Waals surface area contributed by atoms with Gasteiger partial charge >= 0.3 is 0 Å². The van der Waals surface area contributed by atoms with Crippen LogP contribution < -0.4 is 11.1 Å². The van der Waals surface area contributed by atoms with Gasteiger partial charge in [0.1, 0.15) is 5.69 Å². The van der Waals surface area contributed by atoms with Crippen molar-refractivity contribution >= 4 is 22.4 Å². The summed E-state index contributed by atoms with van der Waals surface area (Å²) in [6.07, 6.45) is 0. The number of nitrogens with zero attached hydrogens (tertiary/aromatic N) is 1. The van der Waals surface area contributed by atoms with E-state index in [1.54, 1.807) is 5.38 Å². The maximum Gasteiger partial charge on any atom is 0.270 e. The zero-order chi connectivity index (χ0) is 8.27. The summed E-state index contributed by atoms with van der Waals surface area (Å²) in [5.41, 5.74) is 5.74. The van der Waals surface area contributed by atoms with Crippen molar-refractivity contribution in [2.45, 2.75) is 6.92 Å². The Morgan fingerprint density at radius 2 is 2.64 bits per heavy atom. The van der Waals surface area contributed by atoms with E-state index >= 15 is 0 Å². The topological polar surface area (TPSA) is 68.0 Å². The lowest BCUT2D eigenvalue weighted by Gasteiger charge is -1.95. The van der Waals surface area contributed by atoms with Gasteiger partial charge in [-0.05, 0) is 6.92 Å². The highest BCUT2D eigenvalue weighted by Crippen LogP contribution is 2.10. The summed E-state index contributed by atoms with van der Waals surface area (Å²) in [5.74, 6) is -0.166. The number of thiazole rings is 1. The monoisotopic (exact) mass is 171 g/mol. The number of carbonyl (C=O) groups excluding carboxylic acids is 1. The van der Waals surface area contributed by atoms with Crippen molar-refractivity contribution in [3.63, 3.8) is 0 Å². The van der Waals surface area contributed by atoms with Gasteiger partial charge in [-0.3, -0.25) is 4.79 Å². The smallest absolute Gasteiger partial charge is 0.270 e. The standard InChI is InChI=1S/C6H9N3OS/c1-2-8-5(10)4-3-11-6(7)9-4/h3H,2H2,1H3,(H2,7,9)(H,8,10). The minimum atomic E-state index is -0.166. The third kappa shape index (κ3) is 1.91. The Morgan fingerprint density at radius 1 is 1.91 bits per heavy atom. The van der Waals surface area contributed by atoms with Crippen molar-refractivity contribution in [3.05, 3.63) is 11.1 Å². The minimum absolute atomic E-state index is 0.166. The summed E-state index contributed by atoms with van der Waals surface area (Å²) in [6, 6.07) is 0. The van der Waals surface area contributed by atoms with Gasteiger partial charge in [0.05, 0.1) is 0 Å². The normalized spacial score (nSPS) is 9.55. The molecule has 1 aromatic rings. The fraction of sp³-hybridized carbons (Fsp3) is 0.333. The zero-order valence-electron chi connectivity index (χ0n) is 6.13. The molecule has 0 atom stereocenters. The zero-order valence-corrected chi connectivity index (χ0v) is 6.94. The van der Waals surface area contributed by atoms with E-state index in [1.807, 2.05) is 6.92 Å². The number of aromatic nitrogens is 1. The van der Waals surface area contributed by atoms with Crippen LogP contribution in [0.5, 0.6) is 0 Å². The molecule has 0 radical (unpaired) electrons. The predicted octanol–water partition coefficient (Wildman–Crippen LogP) is 0.475. The lowest BCUT2D eigenvalue weighted by molar-refractivity contribution is 0.0951. The van der Waals surface area contributed by atoms with Gasteiger partial charge in [0.25, 0.3) is 5.91 Å². The van der Waals surface area contributed by atoms with Crippen LogP contribution >= 0.6 is 11.3 Å². The van der Waals surface area contributed by atoms with Crippen LogP contribution in [0.1, 0.15) is 17.4 Å². The molecule has 0 unspecified atom stereocenters. The second-order valence-corrected chi connectivity index (χ2v) is 2.82. The molecule has 0 aromatic carbocycles. The van der Waals surface area contributed by atoms with Gasteiger partial charge in [0.2, 0.25) is 0 Å². The van der Waals surface area contributed by atoms with Crippen molar-refractivity contribution in [1.82, 2.24) is 10.3 Å². The van der Waals surface area contributed by atoms with Crippen molar-refractivity contribution in [3.8, 4) is 0 Å². The van der Waals surface area contributed by atoms with E-state index in [0.29, 0.717) is 17.4 Å². The van der Waals surface area contributed by atoms with Crippen molar-refractivity contribution in [1.29, 1.82) is 0 Å². The van der Waals surface area contributed by atoms with Crippen LogP contribution in [-0.2, 0) is 0 Å². The van der Waals surface area contributed by atoms with Crippen LogP contribution in [0.4, 0.5) is 5.13 Å². The second-order valence-electron chi connectivity index (χ2n) is 1.93. The highest BCUT2D eigenvalue weighted by molar-refractivity contribution is 7.13. The lowest BCUT2D eigenvalue weighted by Crippen LogP contribution is -2.22. The average molecular weight is 171 g/mol. The summed E-state index contributed by atoms with van der Waals surface area (Å²) in [6.45, 7) is 2.46. The number of hydrogen-bond acceptors (Lipinski definition) is 4. The molecule has 1 amide bonds. The average Bonchev–Trinajstić information content (AvgIpc) is 2.36. The maximum absolute atomic E-state index is 11.0. The number of rotatable bonds is 2. The molecule has 3 N–H and O–H groups in total. The van der Waals surface area contributed by atoms with Gasteiger partial charge in [-0.2, -0.15) is 0 Å². The van der Waals surface area contributed by atoms with E-state index in [4.69, 9.17) is 5.73 Å². The quantitative estimate of drug-likeness (QED) is 0.679. The number of nitrogens with two attached hydrogens (primary N) is 1. The molecule has 0 saturated heterocycles. The lowest BCUT2D eigenvalue weighted by atomic mass is 10.4. The molecule has 0 bridgehead atoms. The molecular formula is C6H9N3OS. The van der Waals surface area contributed by atoms with Gasteiger partial charge < -0.3 is 11.1 Å². The number of carbonyl (C=O) groups is 1. The first-order valence-electron chi connectivity index (χ1n) is 3.23. The predicted molar refractivity (Wildman–Crippen MR) is 44.5 cm³/mol. The minimum Gasteiger partial charge on any atom is -0.375 e. The van der Waals surface area contributed by atoms with Gasteiger partial charge in [-0.15, -0.1) is 11.3 Å². The fourth-order valence-corrected chi connectivity index (χ4v) is 1.19. The maximum atomic E-state index is 11.0. The van der Waals surface area contributed by atoms with Crippen LogP contribution in [-0.4, -0.2) is 17.4 Å². The van der Waals surface area contributed by atoms with E-state index in [2.05, 4.69) is 10.3 Å². The molecule has 0 aliphatic carbocycles. The Hall–Kier alpha value is -1.10. The molecule has 60 valence electrons. The molecule has 0 fully saturated rings. The van der Waals surface area contributed by atoms with Crippen LogP contribution in [0.2, 0.25) is 0 Å². The third-order valence-corrected chi connectivity index (χ3v) is 1.77. The summed E-state index contributed by atoms with van der Waals surface area (Å²) < 4.78 is 0. The van der Waals surface area contributed by atoms with Gasteiger partial charge in [-0.25, -0.2) is 4.98 Å². The Balaban J connectivity index is 2.69. The van der Waals surface area contributed by atoms with E-state index in [0.717, 1.165) is 0 Å². The molecular weight excluding hydrogens is 162 g/mol. The van der Waals surface area contributed by atoms with Gasteiger partial charge in [0, 0.05) is 11.9 Å². The molecule has 0 saturated carbocycles. The molecule has 1 heterocycles. The molecule has 11 heavy (non-hydrogen) atoms. The van der Waals surface area contributed by atoms with E-state index < -0.39 is 0 Å². The largest absolute Gasteiger partial charge is 0.375 e. The Kier molecular flexibility index (Phi) is 2.43. The van der Waals surface area contributed by atoms with Crippen LogP contribution in [0.25, 0.3) is 0 Å². The second kappa shape index (κ2) is 3.34. The molecule has 0 aliphatic heterocycles. The Labute approximate surface area is 68.4 Å². The van der Waals surface area contributed by atoms with Gasteiger partial charge in [-0.1, -0.05) is 0 Å². The van der Waals surface area contributed by atoms with Crippen molar-refractivity contribution in [2.24, 2.45) is 0 Å². The number of amides is 1. The van der Waals surface area contributed by atoms with Crippen molar-refractivity contribution < 1.29 is 4.79 Å². The van der Waals surface area contributed by atoms with Crippen molar-refractivity contribution in [2.75, 3.05) is 12.3 Å². The molecule has 1 rings (SSSR count). The molecule has 1 aromatic heterocycles. The third-order valence-electron chi connectivity index (χ3n) is 1.09. The van der Waals surface area contributed by atoms with Crippen LogP contribution in [0.15, 0.2) is 5.38 Å². The Morgan fingerprint density at radius 3 is 3.09 bits per heavy atom. The van der Waals surface area contributed by atoms with Gasteiger partial charge in [0.15, 0.2) is 5.13 Å². The number of hydrogen-bond donors (Lipinski definition) is 2. The highest BCUT2D eigenvalue weighted by atomic mass is 32.1.